The molecule has 19 heavy (non-hydrogen) atoms. The molecule has 0 saturated heterocycles. The van der Waals surface area contributed by atoms with Gasteiger partial charge in [0, 0.05) is 6.42 Å². The van der Waals surface area contributed by atoms with E-state index >= 15 is 0 Å². The van der Waals surface area contributed by atoms with Gasteiger partial charge in [-0.05, 0) is 31.5 Å². The highest BCUT2D eigenvalue weighted by atomic mass is 19.1. The average Bonchev–Trinajstić information content (AvgIpc) is 2.29. The first kappa shape index (κ1) is 15.1. The summed E-state index contributed by atoms with van der Waals surface area (Å²) in [6.45, 7) is 2.97. The summed E-state index contributed by atoms with van der Waals surface area (Å²) in [4.78, 5) is 22.8. The summed E-state index contributed by atoms with van der Waals surface area (Å²) in [5, 5.41) is 11.4. The molecule has 4 N–H and O–H groups in total. The molecule has 0 spiro atoms. The van der Waals surface area contributed by atoms with Crippen molar-refractivity contribution in [1.82, 2.24) is 5.32 Å². The van der Waals surface area contributed by atoms with Crippen molar-refractivity contribution in [2.24, 2.45) is 5.73 Å². The maximum absolute atomic E-state index is 12.7. The number of carboxylic acids is 1. The first-order chi connectivity index (χ1) is 8.70. The molecule has 1 aromatic rings. The van der Waals surface area contributed by atoms with Crippen molar-refractivity contribution >= 4 is 11.9 Å². The van der Waals surface area contributed by atoms with Crippen LogP contribution in [0.15, 0.2) is 24.3 Å². The lowest BCUT2D eigenvalue weighted by molar-refractivity contribution is -0.142. The summed E-state index contributed by atoms with van der Waals surface area (Å²) in [5.74, 6) is -2.12. The lowest BCUT2D eigenvalue weighted by Crippen LogP contribution is -2.54. The summed E-state index contributed by atoms with van der Waals surface area (Å²) in [7, 11) is 0. The molecule has 0 aliphatic heterocycles. The molecule has 1 unspecified atom stereocenters. The Hall–Kier alpha value is -1.95. The predicted octanol–water partition coefficient (Wildman–Crippen LogP) is 0.675. The largest absolute Gasteiger partial charge is 0.480 e. The lowest BCUT2D eigenvalue weighted by Gasteiger charge is -2.22. The van der Waals surface area contributed by atoms with Gasteiger partial charge in [-0.1, -0.05) is 12.1 Å². The van der Waals surface area contributed by atoms with Crippen LogP contribution in [0.1, 0.15) is 19.4 Å². The van der Waals surface area contributed by atoms with Crippen molar-refractivity contribution in [3.63, 3.8) is 0 Å². The number of benzene rings is 1. The highest BCUT2D eigenvalue weighted by Gasteiger charge is 2.27. The van der Waals surface area contributed by atoms with E-state index in [1.165, 1.54) is 38.1 Å². The molecule has 1 amide bonds. The van der Waals surface area contributed by atoms with Crippen LogP contribution in [0.3, 0.4) is 0 Å². The number of halogens is 1. The van der Waals surface area contributed by atoms with Crippen LogP contribution in [-0.4, -0.2) is 28.6 Å². The van der Waals surface area contributed by atoms with E-state index in [-0.39, 0.29) is 6.42 Å². The number of nitrogens with two attached hydrogens (primary N) is 1. The first-order valence-electron chi connectivity index (χ1n) is 5.77. The van der Waals surface area contributed by atoms with Crippen LogP contribution in [0.25, 0.3) is 0 Å². The Bertz CT molecular complexity index is 466. The van der Waals surface area contributed by atoms with E-state index in [9.17, 15) is 14.0 Å². The second-order valence-electron chi connectivity index (χ2n) is 4.92. The highest BCUT2D eigenvalue weighted by Crippen LogP contribution is 2.07. The van der Waals surface area contributed by atoms with Gasteiger partial charge in [0.25, 0.3) is 0 Å². The molecule has 1 aromatic carbocycles. The van der Waals surface area contributed by atoms with Crippen molar-refractivity contribution in [2.45, 2.75) is 31.8 Å². The monoisotopic (exact) mass is 268 g/mol. The van der Waals surface area contributed by atoms with Gasteiger partial charge in [-0.3, -0.25) is 4.79 Å². The van der Waals surface area contributed by atoms with Gasteiger partial charge in [-0.25, -0.2) is 9.18 Å². The van der Waals surface area contributed by atoms with Crippen molar-refractivity contribution < 1.29 is 19.1 Å². The maximum atomic E-state index is 12.7. The molecule has 0 aromatic heterocycles. The minimum Gasteiger partial charge on any atom is -0.480 e. The van der Waals surface area contributed by atoms with E-state index in [1.807, 2.05) is 0 Å². The van der Waals surface area contributed by atoms with Gasteiger partial charge in [0.1, 0.15) is 11.9 Å². The average molecular weight is 268 g/mol. The molecule has 0 aliphatic rings. The quantitative estimate of drug-likeness (QED) is 0.732. The Morgan fingerprint density at radius 1 is 1.37 bits per heavy atom. The van der Waals surface area contributed by atoms with E-state index < -0.39 is 29.3 Å². The van der Waals surface area contributed by atoms with Crippen molar-refractivity contribution in [3.05, 3.63) is 35.6 Å². The van der Waals surface area contributed by atoms with Crippen LogP contribution in [0.4, 0.5) is 4.39 Å². The molecule has 5 nitrogen and oxygen atoms in total. The zero-order valence-electron chi connectivity index (χ0n) is 10.8. The summed E-state index contributed by atoms with van der Waals surface area (Å²) < 4.78 is 12.7. The highest BCUT2D eigenvalue weighted by molar-refractivity contribution is 5.89. The number of rotatable bonds is 5. The third kappa shape index (κ3) is 4.67. The molecule has 6 heteroatoms. The molecular formula is C13H17FN2O3. The van der Waals surface area contributed by atoms with E-state index in [4.69, 9.17) is 10.8 Å². The molecule has 0 fully saturated rings. The summed E-state index contributed by atoms with van der Waals surface area (Å²) in [6.07, 6.45) is 0.0669. The van der Waals surface area contributed by atoms with Crippen molar-refractivity contribution in [2.75, 3.05) is 0 Å². The number of amides is 1. The zero-order valence-corrected chi connectivity index (χ0v) is 10.8. The van der Waals surface area contributed by atoms with Gasteiger partial charge in [0.05, 0.1) is 5.54 Å². The van der Waals surface area contributed by atoms with Crippen LogP contribution < -0.4 is 11.1 Å². The fourth-order valence-corrected chi connectivity index (χ4v) is 1.40. The summed E-state index contributed by atoms with van der Waals surface area (Å²) in [5.41, 5.74) is 5.04. The number of hydrogen-bond acceptors (Lipinski definition) is 3. The van der Waals surface area contributed by atoms with Crippen LogP contribution in [0.2, 0.25) is 0 Å². The fraction of sp³-hybridized carbons (Fsp3) is 0.385. The van der Waals surface area contributed by atoms with Crippen molar-refractivity contribution in [1.29, 1.82) is 0 Å². The Balaban J connectivity index is 2.77. The van der Waals surface area contributed by atoms with Crippen molar-refractivity contribution in [3.8, 4) is 0 Å². The summed E-state index contributed by atoms with van der Waals surface area (Å²) in [6, 6.07) is 4.34. The normalized spacial score (nSPS) is 12.8. The van der Waals surface area contributed by atoms with Gasteiger partial charge >= 0.3 is 5.97 Å². The Labute approximate surface area is 110 Å². The standard InChI is InChI=1S/C13H17FN2O3/c1-13(2,15)12(19)16-10(11(17)18)7-8-3-5-9(14)6-4-8/h3-6,10H,7,15H2,1-2H3,(H,16,19)(H,17,18). The van der Waals surface area contributed by atoms with Gasteiger partial charge in [0.15, 0.2) is 0 Å². The van der Waals surface area contributed by atoms with E-state index in [2.05, 4.69) is 5.32 Å². The molecule has 104 valence electrons. The Morgan fingerprint density at radius 2 is 1.89 bits per heavy atom. The smallest absolute Gasteiger partial charge is 0.326 e. The molecule has 1 rings (SSSR count). The number of carbonyl (C=O) groups excluding carboxylic acids is 1. The molecule has 0 radical (unpaired) electrons. The number of hydrogen-bond donors (Lipinski definition) is 3. The third-order valence-corrected chi connectivity index (χ3v) is 2.54. The number of aliphatic carboxylic acids is 1. The van der Waals surface area contributed by atoms with Gasteiger partial charge in [0.2, 0.25) is 5.91 Å². The second-order valence-corrected chi connectivity index (χ2v) is 4.92. The molecule has 1 atom stereocenters. The molecule has 0 heterocycles. The van der Waals surface area contributed by atoms with Crippen LogP contribution in [0.5, 0.6) is 0 Å². The third-order valence-electron chi connectivity index (χ3n) is 2.54. The van der Waals surface area contributed by atoms with Gasteiger partial charge in [-0.15, -0.1) is 0 Å². The van der Waals surface area contributed by atoms with E-state index in [0.29, 0.717) is 5.56 Å². The minimum atomic E-state index is -1.16. The topological polar surface area (TPSA) is 92.4 Å². The zero-order chi connectivity index (χ0) is 14.6. The number of carbonyl (C=O) groups is 2. The molecule has 0 bridgehead atoms. The lowest BCUT2D eigenvalue weighted by atomic mass is 10.0. The SMILES string of the molecule is CC(C)(N)C(=O)NC(Cc1ccc(F)cc1)C(=O)O. The van der Waals surface area contributed by atoms with Gasteiger partial charge in [-0.2, -0.15) is 0 Å². The van der Waals surface area contributed by atoms with E-state index in [1.54, 1.807) is 0 Å². The summed E-state index contributed by atoms with van der Waals surface area (Å²) >= 11 is 0. The molecule has 0 aliphatic carbocycles. The Morgan fingerprint density at radius 3 is 2.32 bits per heavy atom. The number of carboxylic acid groups (broad SMARTS) is 1. The Kier molecular flexibility index (Phi) is 4.61. The van der Waals surface area contributed by atoms with E-state index in [0.717, 1.165) is 0 Å². The maximum Gasteiger partial charge on any atom is 0.326 e. The number of nitrogens with one attached hydrogen (secondary N) is 1. The molecular weight excluding hydrogens is 251 g/mol. The first-order valence-corrected chi connectivity index (χ1v) is 5.77. The molecule has 0 saturated carbocycles. The van der Waals surface area contributed by atoms with Crippen LogP contribution in [0, 0.1) is 5.82 Å². The second kappa shape index (κ2) is 5.79. The van der Waals surface area contributed by atoms with Crippen LogP contribution >= 0.6 is 0 Å². The van der Waals surface area contributed by atoms with Gasteiger partial charge < -0.3 is 16.2 Å². The minimum absolute atomic E-state index is 0.0669. The predicted molar refractivity (Wildman–Crippen MR) is 67.9 cm³/mol. The van der Waals surface area contributed by atoms with Crippen LogP contribution in [-0.2, 0) is 16.0 Å². The fourth-order valence-electron chi connectivity index (χ4n) is 1.40.